The van der Waals surface area contributed by atoms with Crippen molar-refractivity contribution in [2.24, 2.45) is 0 Å². The maximum absolute atomic E-state index is 12.0. The average Bonchev–Trinajstić information content (AvgIpc) is 2.58. The van der Waals surface area contributed by atoms with Gasteiger partial charge in [-0.3, -0.25) is 20.4 Å². The van der Waals surface area contributed by atoms with Crippen LogP contribution in [0.1, 0.15) is 33.2 Å². The Morgan fingerprint density at radius 1 is 0.833 bits per heavy atom. The van der Waals surface area contributed by atoms with Gasteiger partial charge in [-0.15, -0.1) is 0 Å². The molecule has 0 aromatic heterocycles. The van der Waals surface area contributed by atoms with Crippen LogP contribution >= 0.6 is 0 Å². The zero-order valence-electron chi connectivity index (χ0n) is 13.4. The van der Waals surface area contributed by atoms with Crippen molar-refractivity contribution in [3.63, 3.8) is 0 Å². The van der Waals surface area contributed by atoms with Crippen LogP contribution in [-0.4, -0.2) is 26.5 Å². The molecule has 7 heteroatoms. The second-order valence-corrected chi connectivity index (χ2v) is 7.27. The van der Waals surface area contributed by atoms with Gasteiger partial charge in [-0.1, -0.05) is 19.1 Å². The number of nitrogens with one attached hydrogen (secondary N) is 2. The van der Waals surface area contributed by atoms with E-state index in [1.807, 2.05) is 19.1 Å². The van der Waals surface area contributed by atoms with Gasteiger partial charge in [-0.25, -0.2) is 8.42 Å². The Morgan fingerprint density at radius 3 is 1.62 bits per heavy atom. The summed E-state index contributed by atoms with van der Waals surface area (Å²) in [7, 11) is -3.31. The highest BCUT2D eigenvalue weighted by molar-refractivity contribution is 7.90. The molecule has 0 aliphatic rings. The Labute approximate surface area is 140 Å². The van der Waals surface area contributed by atoms with E-state index in [9.17, 15) is 18.0 Å². The van der Waals surface area contributed by atoms with E-state index in [0.717, 1.165) is 18.2 Å². The molecule has 2 rings (SSSR count). The van der Waals surface area contributed by atoms with Crippen LogP contribution in [0, 0.1) is 0 Å². The summed E-state index contributed by atoms with van der Waals surface area (Å²) in [6, 6.07) is 12.5. The summed E-state index contributed by atoms with van der Waals surface area (Å²) in [6.07, 6.45) is 1.97. The van der Waals surface area contributed by atoms with Crippen LogP contribution in [0.3, 0.4) is 0 Å². The Hall–Kier alpha value is -2.67. The topological polar surface area (TPSA) is 92.3 Å². The van der Waals surface area contributed by atoms with Crippen LogP contribution < -0.4 is 10.9 Å². The van der Waals surface area contributed by atoms with Crippen molar-refractivity contribution in [3.05, 3.63) is 65.2 Å². The fourth-order valence-corrected chi connectivity index (χ4v) is 2.63. The van der Waals surface area contributed by atoms with Crippen molar-refractivity contribution in [3.8, 4) is 0 Å². The fourth-order valence-electron chi connectivity index (χ4n) is 2.00. The molecule has 0 bridgehead atoms. The number of benzene rings is 2. The van der Waals surface area contributed by atoms with Gasteiger partial charge in [0.25, 0.3) is 11.8 Å². The van der Waals surface area contributed by atoms with Crippen molar-refractivity contribution in [2.75, 3.05) is 6.26 Å². The monoisotopic (exact) mass is 346 g/mol. The van der Waals surface area contributed by atoms with E-state index in [4.69, 9.17) is 0 Å². The van der Waals surface area contributed by atoms with Crippen molar-refractivity contribution < 1.29 is 18.0 Å². The van der Waals surface area contributed by atoms with Crippen molar-refractivity contribution in [1.82, 2.24) is 10.9 Å². The zero-order chi connectivity index (χ0) is 17.7. The zero-order valence-corrected chi connectivity index (χ0v) is 14.2. The lowest BCUT2D eigenvalue weighted by molar-refractivity contribution is 0.0846. The van der Waals surface area contributed by atoms with Gasteiger partial charge in [-0.05, 0) is 48.4 Å². The van der Waals surface area contributed by atoms with Gasteiger partial charge in [0.2, 0.25) is 0 Å². The number of carbonyl (C=O) groups is 2. The predicted octanol–water partition coefficient (Wildman–Crippen LogP) is 1.73. The lowest BCUT2D eigenvalue weighted by atomic mass is 10.1. The Kier molecular flexibility index (Phi) is 5.35. The Balaban J connectivity index is 1.98. The number of hydrazine groups is 1. The van der Waals surface area contributed by atoms with Crippen LogP contribution in [0.2, 0.25) is 0 Å². The molecule has 0 aliphatic heterocycles. The summed E-state index contributed by atoms with van der Waals surface area (Å²) in [6.45, 7) is 2.02. The SMILES string of the molecule is CCc1ccc(C(=O)NNC(=O)c2ccc(S(C)(=O)=O)cc2)cc1. The van der Waals surface area contributed by atoms with Gasteiger partial charge in [-0.2, -0.15) is 0 Å². The van der Waals surface area contributed by atoms with E-state index in [1.54, 1.807) is 12.1 Å². The largest absolute Gasteiger partial charge is 0.269 e. The van der Waals surface area contributed by atoms with Gasteiger partial charge in [0.15, 0.2) is 9.84 Å². The Morgan fingerprint density at radius 2 is 1.25 bits per heavy atom. The van der Waals surface area contributed by atoms with E-state index in [0.29, 0.717) is 5.56 Å². The highest BCUT2D eigenvalue weighted by Gasteiger charge is 2.11. The third-order valence-corrected chi connectivity index (χ3v) is 4.59. The molecule has 2 aromatic rings. The van der Waals surface area contributed by atoms with Gasteiger partial charge < -0.3 is 0 Å². The van der Waals surface area contributed by atoms with Crippen molar-refractivity contribution >= 4 is 21.7 Å². The molecule has 2 aromatic carbocycles. The normalized spacial score (nSPS) is 10.9. The standard InChI is InChI=1S/C17H18N2O4S/c1-3-12-4-6-13(7-5-12)16(20)18-19-17(21)14-8-10-15(11-9-14)24(2,22)23/h4-11H,3H2,1-2H3,(H,18,20)(H,19,21). The second-order valence-electron chi connectivity index (χ2n) is 5.26. The first-order chi connectivity index (χ1) is 11.3. The molecule has 6 nitrogen and oxygen atoms in total. The van der Waals surface area contributed by atoms with Gasteiger partial charge in [0.1, 0.15) is 0 Å². The molecule has 0 aliphatic carbocycles. The van der Waals surface area contributed by atoms with E-state index in [1.165, 1.54) is 24.3 Å². The lowest BCUT2D eigenvalue weighted by Gasteiger charge is -2.08. The molecule has 0 fully saturated rings. The van der Waals surface area contributed by atoms with Crippen molar-refractivity contribution in [1.29, 1.82) is 0 Å². The number of aryl methyl sites for hydroxylation is 1. The minimum atomic E-state index is -3.31. The maximum Gasteiger partial charge on any atom is 0.269 e. The van der Waals surface area contributed by atoms with Gasteiger partial charge >= 0.3 is 0 Å². The third kappa shape index (κ3) is 4.42. The third-order valence-electron chi connectivity index (χ3n) is 3.46. The lowest BCUT2D eigenvalue weighted by Crippen LogP contribution is -2.41. The second kappa shape index (κ2) is 7.27. The smallest absolute Gasteiger partial charge is 0.267 e. The molecule has 126 valence electrons. The molecule has 0 spiro atoms. The molecule has 0 saturated heterocycles. The van der Waals surface area contributed by atoms with E-state index < -0.39 is 21.7 Å². The predicted molar refractivity (Wildman–Crippen MR) is 90.3 cm³/mol. The number of amides is 2. The number of hydrogen-bond acceptors (Lipinski definition) is 4. The molecule has 2 N–H and O–H groups in total. The number of hydrogen-bond donors (Lipinski definition) is 2. The summed E-state index contributed by atoms with van der Waals surface area (Å²) < 4.78 is 22.7. The highest BCUT2D eigenvalue weighted by atomic mass is 32.2. The minimum absolute atomic E-state index is 0.124. The molecule has 0 atom stereocenters. The summed E-state index contributed by atoms with van der Waals surface area (Å²) in [5.74, 6) is -0.965. The average molecular weight is 346 g/mol. The molecule has 0 heterocycles. The highest BCUT2D eigenvalue weighted by Crippen LogP contribution is 2.10. The summed E-state index contributed by atoms with van der Waals surface area (Å²) >= 11 is 0. The van der Waals surface area contributed by atoms with E-state index >= 15 is 0 Å². The van der Waals surface area contributed by atoms with Crippen molar-refractivity contribution in [2.45, 2.75) is 18.2 Å². The van der Waals surface area contributed by atoms with E-state index in [-0.39, 0.29) is 10.5 Å². The van der Waals surface area contributed by atoms with Gasteiger partial charge in [0.05, 0.1) is 4.90 Å². The van der Waals surface area contributed by atoms with Crippen LogP contribution in [0.4, 0.5) is 0 Å². The number of rotatable bonds is 4. The quantitative estimate of drug-likeness (QED) is 0.825. The number of carbonyl (C=O) groups excluding carboxylic acids is 2. The molecule has 24 heavy (non-hydrogen) atoms. The molecule has 0 radical (unpaired) electrons. The summed E-state index contributed by atoms with van der Waals surface area (Å²) in [5, 5.41) is 0. The van der Waals surface area contributed by atoms with E-state index in [2.05, 4.69) is 10.9 Å². The number of sulfone groups is 1. The molecular weight excluding hydrogens is 328 g/mol. The summed E-state index contributed by atoms with van der Waals surface area (Å²) in [5.41, 5.74) is 6.40. The van der Waals surface area contributed by atoms with Crippen LogP contribution in [0.15, 0.2) is 53.4 Å². The Bertz CT molecular complexity index is 841. The maximum atomic E-state index is 12.0. The summed E-state index contributed by atoms with van der Waals surface area (Å²) in [4.78, 5) is 24.1. The minimum Gasteiger partial charge on any atom is -0.267 e. The van der Waals surface area contributed by atoms with Crippen LogP contribution in [0.5, 0.6) is 0 Å². The van der Waals surface area contributed by atoms with Gasteiger partial charge in [0, 0.05) is 17.4 Å². The molecule has 0 saturated carbocycles. The molecular formula is C17H18N2O4S. The first kappa shape index (κ1) is 17.7. The fraction of sp³-hybridized carbons (Fsp3) is 0.176. The molecule has 0 unspecified atom stereocenters. The van der Waals surface area contributed by atoms with Crippen LogP contribution in [0.25, 0.3) is 0 Å². The molecule has 2 amide bonds. The van der Waals surface area contributed by atoms with Crippen LogP contribution in [-0.2, 0) is 16.3 Å². The first-order valence-electron chi connectivity index (χ1n) is 7.31. The first-order valence-corrected chi connectivity index (χ1v) is 9.20.